The van der Waals surface area contributed by atoms with Crippen LogP contribution in [0.4, 0.5) is 11.4 Å². The number of carbonyl (C=O) groups excluding carboxylic acids is 1. The van der Waals surface area contributed by atoms with Crippen molar-refractivity contribution in [3.05, 3.63) is 47.0 Å². The monoisotopic (exact) mass is 411 g/mol. The molecule has 0 fully saturated rings. The van der Waals surface area contributed by atoms with Crippen LogP contribution in [0.1, 0.15) is 5.56 Å². The fourth-order valence-corrected chi connectivity index (χ4v) is 3.67. The number of sulfonamides is 1. The first kappa shape index (κ1) is 21.0. The molecule has 0 aliphatic heterocycles. The number of amides is 1. The van der Waals surface area contributed by atoms with Crippen molar-refractivity contribution in [2.45, 2.75) is 11.8 Å². The molecule has 2 rings (SSSR count). The second kappa shape index (κ2) is 8.60. The molecule has 0 aliphatic carbocycles. The van der Waals surface area contributed by atoms with Crippen LogP contribution in [0.2, 0.25) is 5.02 Å². The van der Waals surface area contributed by atoms with E-state index in [1.54, 1.807) is 18.2 Å². The number of methoxy groups -OCH3 is 1. The summed E-state index contributed by atoms with van der Waals surface area (Å²) in [5, 5.41) is 6.13. The number of halogens is 1. The van der Waals surface area contributed by atoms with Gasteiger partial charge in [0.05, 0.1) is 24.4 Å². The molecule has 0 radical (unpaired) electrons. The molecule has 0 saturated carbocycles. The molecule has 2 aromatic rings. The minimum Gasteiger partial charge on any atom is -0.495 e. The van der Waals surface area contributed by atoms with Crippen LogP contribution in [0.3, 0.4) is 0 Å². The van der Waals surface area contributed by atoms with Gasteiger partial charge in [-0.15, -0.1) is 0 Å². The van der Waals surface area contributed by atoms with Crippen molar-refractivity contribution in [3.63, 3.8) is 0 Å². The average molecular weight is 412 g/mol. The number of rotatable bonds is 7. The molecular formula is C18H22ClN3O4S. The first-order valence-electron chi connectivity index (χ1n) is 8.05. The highest BCUT2D eigenvalue weighted by Crippen LogP contribution is 2.29. The van der Waals surface area contributed by atoms with Gasteiger partial charge >= 0.3 is 0 Å². The van der Waals surface area contributed by atoms with Crippen molar-refractivity contribution in [1.29, 1.82) is 0 Å². The molecule has 0 atom stereocenters. The van der Waals surface area contributed by atoms with Gasteiger partial charge in [-0.2, -0.15) is 0 Å². The summed E-state index contributed by atoms with van der Waals surface area (Å²) in [7, 11) is 0.519. The third kappa shape index (κ3) is 5.12. The Morgan fingerprint density at radius 3 is 2.48 bits per heavy atom. The summed E-state index contributed by atoms with van der Waals surface area (Å²) in [6.07, 6.45) is 0. The normalized spacial score (nSPS) is 11.3. The Kier molecular flexibility index (Phi) is 6.69. The maximum Gasteiger partial charge on any atom is 0.246 e. The number of carbonyl (C=O) groups is 1. The van der Waals surface area contributed by atoms with Crippen molar-refractivity contribution in [3.8, 4) is 5.75 Å². The van der Waals surface area contributed by atoms with Crippen molar-refractivity contribution in [2.75, 3.05) is 38.4 Å². The number of aryl methyl sites for hydroxylation is 1. The smallest absolute Gasteiger partial charge is 0.246 e. The van der Waals surface area contributed by atoms with E-state index in [1.807, 2.05) is 13.0 Å². The Hall–Kier alpha value is -2.29. The quantitative estimate of drug-likeness (QED) is 0.731. The molecular weight excluding hydrogens is 390 g/mol. The summed E-state index contributed by atoms with van der Waals surface area (Å²) in [6, 6.07) is 9.91. The molecule has 2 aromatic carbocycles. The summed E-state index contributed by atoms with van der Waals surface area (Å²) >= 11 is 6.13. The number of ether oxygens (including phenoxy) is 1. The summed E-state index contributed by atoms with van der Waals surface area (Å²) < 4.78 is 31.1. The van der Waals surface area contributed by atoms with Gasteiger partial charge < -0.3 is 15.4 Å². The lowest BCUT2D eigenvalue weighted by atomic mass is 10.2. The largest absolute Gasteiger partial charge is 0.495 e. The molecule has 0 heterocycles. The molecule has 146 valence electrons. The molecule has 9 heteroatoms. The zero-order valence-electron chi connectivity index (χ0n) is 15.5. The van der Waals surface area contributed by atoms with Gasteiger partial charge in [-0.1, -0.05) is 17.7 Å². The molecule has 0 saturated heterocycles. The van der Waals surface area contributed by atoms with E-state index in [4.69, 9.17) is 16.3 Å². The van der Waals surface area contributed by atoms with Crippen molar-refractivity contribution in [2.24, 2.45) is 0 Å². The topological polar surface area (TPSA) is 87.7 Å². The van der Waals surface area contributed by atoms with Gasteiger partial charge in [0.2, 0.25) is 15.9 Å². The fraction of sp³-hybridized carbons (Fsp3) is 0.278. The van der Waals surface area contributed by atoms with Crippen LogP contribution in [0.5, 0.6) is 5.75 Å². The van der Waals surface area contributed by atoms with Gasteiger partial charge in [0.15, 0.2) is 0 Å². The van der Waals surface area contributed by atoms with E-state index in [-0.39, 0.29) is 23.1 Å². The highest BCUT2D eigenvalue weighted by Gasteiger charge is 2.23. The van der Waals surface area contributed by atoms with E-state index in [1.165, 1.54) is 33.3 Å². The maximum atomic E-state index is 12.4. The Balaban J connectivity index is 2.14. The van der Waals surface area contributed by atoms with Crippen molar-refractivity contribution < 1.29 is 17.9 Å². The van der Waals surface area contributed by atoms with Crippen LogP contribution in [-0.2, 0) is 14.8 Å². The number of anilines is 2. The SMILES string of the molecule is COc1ccc(NC(=O)CNc2ccc(C)cc2Cl)cc1S(=O)(=O)N(C)C. The molecule has 1 amide bonds. The molecule has 0 aliphatic rings. The molecule has 27 heavy (non-hydrogen) atoms. The number of nitrogens with zero attached hydrogens (tertiary/aromatic N) is 1. The van der Waals surface area contributed by atoms with E-state index in [9.17, 15) is 13.2 Å². The van der Waals surface area contributed by atoms with Crippen LogP contribution in [0.15, 0.2) is 41.3 Å². The van der Waals surface area contributed by atoms with Crippen LogP contribution in [0, 0.1) is 6.92 Å². The summed E-state index contributed by atoms with van der Waals surface area (Å²) in [4.78, 5) is 12.2. The van der Waals surface area contributed by atoms with Crippen molar-refractivity contribution in [1.82, 2.24) is 4.31 Å². The van der Waals surface area contributed by atoms with Gasteiger partial charge in [-0.25, -0.2) is 12.7 Å². The van der Waals surface area contributed by atoms with E-state index in [0.717, 1.165) is 9.87 Å². The summed E-state index contributed by atoms with van der Waals surface area (Å²) in [5.74, 6) is -0.142. The van der Waals surface area contributed by atoms with Gasteiger partial charge in [0.25, 0.3) is 0 Å². The van der Waals surface area contributed by atoms with Gasteiger partial charge in [-0.3, -0.25) is 4.79 Å². The van der Waals surface area contributed by atoms with Crippen molar-refractivity contribution >= 4 is 38.9 Å². The highest BCUT2D eigenvalue weighted by molar-refractivity contribution is 7.89. The lowest BCUT2D eigenvalue weighted by Crippen LogP contribution is -2.24. The molecule has 0 aromatic heterocycles. The Morgan fingerprint density at radius 2 is 1.89 bits per heavy atom. The molecule has 0 spiro atoms. The number of benzene rings is 2. The number of hydrogen-bond acceptors (Lipinski definition) is 5. The van der Waals surface area contributed by atoms with E-state index in [0.29, 0.717) is 16.4 Å². The Labute approximate surface area is 164 Å². The second-order valence-electron chi connectivity index (χ2n) is 6.04. The van der Waals surface area contributed by atoms with Gasteiger partial charge in [0.1, 0.15) is 10.6 Å². The third-order valence-electron chi connectivity index (χ3n) is 3.77. The summed E-state index contributed by atoms with van der Waals surface area (Å²) in [6.45, 7) is 1.90. The third-order valence-corrected chi connectivity index (χ3v) is 5.92. The lowest BCUT2D eigenvalue weighted by molar-refractivity contribution is -0.114. The predicted molar refractivity (Wildman–Crippen MR) is 107 cm³/mol. The zero-order chi connectivity index (χ0) is 20.2. The van der Waals surface area contributed by atoms with E-state index in [2.05, 4.69) is 10.6 Å². The maximum absolute atomic E-state index is 12.4. The van der Waals surface area contributed by atoms with Crippen LogP contribution < -0.4 is 15.4 Å². The zero-order valence-corrected chi connectivity index (χ0v) is 17.1. The number of hydrogen-bond donors (Lipinski definition) is 2. The first-order chi connectivity index (χ1) is 12.6. The molecule has 7 nitrogen and oxygen atoms in total. The van der Waals surface area contributed by atoms with Crippen LogP contribution >= 0.6 is 11.6 Å². The summed E-state index contributed by atoms with van der Waals surface area (Å²) in [5.41, 5.74) is 2.00. The highest BCUT2D eigenvalue weighted by atomic mass is 35.5. The van der Waals surface area contributed by atoms with Gasteiger partial charge in [-0.05, 0) is 42.8 Å². The van der Waals surface area contributed by atoms with Gasteiger partial charge in [0, 0.05) is 19.8 Å². The molecule has 0 bridgehead atoms. The predicted octanol–water partition coefficient (Wildman–Crippen LogP) is 2.96. The van der Waals surface area contributed by atoms with Crippen LogP contribution in [-0.4, -0.2) is 46.4 Å². The molecule has 2 N–H and O–H groups in total. The minimum atomic E-state index is -3.72. The first-order valence-corrected chi connectivity index (χ1v) is 9.87. The molecule has 0 unspecified atom stereocenters. The minimum absolute atomic E-state index is 0.0232. The van der Waals surface area contributed by atoms with Crippen LogP contribution in [0.25, 0.3) is 0 Å². The second-order valence-corrected chi connectivity index (χ2v) is 8.57. The standard InChI is InChI=1S/C18H22ClN3O4S/c1-12-5-7-15(14(19)9-12)20-11-18(23)21-13-6-8-16(26-4)17(10-13)27(24,25)22(2)3/h5-10,20H,11H2,1-4H3,(H,21,23). The fourth-order valence-electron chi connectivity index (χ4n) is 2.30. The Bertz CT molecular complexity index is 946. The number of nitrogens with one attached hydrogen (secondary N) is 2. The Morgan fingerprint density at radius 1 is 1.19 bits per heavy atom. The average Bonchev–Trinajstić information content (AvgIpc) is 2.60. The van der Waals surface area contributed by atoms with E-state index < -0.39 is 10.0 Å². The van der Waals surface area contributed by atoms with E-state index >= 15 is 0 Å². The lowest BCUT2D eigenvalue weighted by Gasteiger charge is -2.16.